The number of carboxylic acid groups (broad SMARTS) is 1. The van der Waals surface area contributed by atoms with Crippen molar-refractivity contribution in [1.82, 2.24) is 0 Å². The molecule has 0 radical (unpaired) electrons. The van der Waals surface area contributed by atoms with Crippen molar-refractivity contribution in [3.63, 3.8) is 0 Å². The van der Waals surface area contributed by atoms with E-state index in [4.69, 9.17) is 5.11 Å². The molecule has 1 aromatic carbocycles. The van der Waals surface area contributed by atoms with Crippen LogP contribution in [0.4, 0.5) is 0 Å². The van der Waals surface area contributed by atoms with Crippen LogP contribution in [-0.2, 0) is 4.79 Å². The highest BCUT2D eigenvalue weighted by atomic mass is 16.4. The van der Waals surface area contributed by atoms with Crippen molar-refractivity contribution in [2.24, 2.45) is 0 Å². The van der Waals surface area contributed by atoms with Crippen molar-refractivity contribution in [3.05, 3.63) is 29.3 Å². The Morgan fingerprint density at radius 2 is 2.13 bits per heavy atom. The standard InChI is InChI=1S/C12H16O3/c1-8-3-5-10(11(13)7-8)9(2)4-6-12(14)15/h3,5,7,9,13H,4,6H2,1-2H3,(H,14,15). The van der Waals surface area contributed by atoms with Crippen molar-refractivity contribution < 1.29 is 15.0 Å². The average molecular weight is 208 g/mol. The zero-order valence-corrected chi connectivity index (χ0v) is 9.03. The molecule has 1 aromatic rings. The third-order valence-corrected chi connectivity index (χ3v) is 2.51. The summed E-state index contributed by atoms with van der Waals surface area (Å²) < 4.78 is 0. The number of phenols is 1. The zero-order valence-electron chi connectivity index (χ0n) is 9.03. The van der Waals surface area contributed by atoms with Crippen molar-refractivity contribution >= 4 is 5.97 Å². The van der Waals surface area contributed by atoms with E-state index in [-0.39, 0.29) is 18.1 Å². The number of hydrogen-bond acceptors (Lipinski definition) is 2. The van der Waals surface area contributed by atoms with Gasteiger partial charge in [0.05, 0.1) is 0 Å². The van der Waals surface area contributed by atoms with Crippen LogP contribution in [-0.4, -0.2) is 16.2 Å². The SMILES string of the molecule is Cc1ccc(C(C)CCC(=O)O)c(O)c1. The number of carbonyl (C=O) groups is 1. The van der Waals surface area contributed by atoms with Crippen LogP contribution < -0.4 is 0 Å². The fourth-order valence-electron chi connectivity index (χ4n) is 1.57. The predicted octanol–water partition coefficient (Wildman–Crippen LogP) is 2.67. The number of aromatic hydroxyl groups is 1. The van der Waals surface area contributed by atoms with Crippen LogP contribution in [0.5, 0.6) is 5.75 Å². The topological polar surface area (TPSA) is 57.5 Å². The van der Waals surface area contributed by atoms with Gasteiger partial charge < -0.3 is 10.2 Å². The van der Waals surface area contributed by atoms with Crippen molar-refractivity contribution in [2.75, 3.05) is 0 Å². The third kappa shape index (κ3) is 3.27. The molecular formula is C12H16O3. The van der Waals surface area contributed by atoms with Gasteiger partial charge >= 0.3 is 5.97 Å². The third-order valence-electron chi connectivity index (χ3n) is 2.51. The van der Waals surface area contributed by atoms with Crippen LogP contribution >= 0.6 is 0 Å². The van der Waals surface area contributed by atoms with Crippen molar-refractivity contribution in [2.45, 2.75) is 32.6 Å². The van der Waals surface area contributed by atoms with Crippen molar-refractivity contribution in [3.8, 4) is 5.75 Å². The van der Waals surface area contributed by atoms with E-state index in [2.05, 4.69) is 0 Å². The fraction of sp³-hybridized carbons (Fsp3) is 0.417. The van der Waals surface area contributed by atoms with E-state index < -0.39 is 5.97 Å². The second-order valence-corrected chi connectivity index (χ2v) is 3.90. The molecule has 0 heterocycles. The number of aryl methyl sites for hydroxylation is 1. The normalized spacial score (nSPS) is 12.4. The summed E-state index contributed by atoms with van der Waals surface area (Å²) in [4.78, 5) is 10.4. The molecule has 0 aromatic heterocycles. The van der Waals surface area contributed by atoms with Crippen LogP contribution in [0, 0.1) is 6.92 Å². The maximum atomic E-state index is 10.4. The molecule has 82 valence electrons. The van der Waals surface area contributed by atoms with Gasteiger partial charge in [0, 0.05) is 6.42 Å². The van der Waals surface area contributed by atoms with Gasteiger partial charge in [-0.2, -0.15) is 0 Å². The molecule has 0 spiro atoms. The summed E-state index contributed by atoms with van der Waals surface area (Å²) in [7, 11) is 0. The molecule has 1 atom stereocenters. The van der Waals surface area contributed by atoms with Gasteiger partial charge in [-0.15, -0.1) is 0 Å². The van der Waals surface area contributed by atoms with E-state index in [9.17, 15) is 9.90 Å². The Morgan fingerprint density at radius 1 is 1.47 bits per heavy atom. The first-order chi connectivity index (χ1) is 7.00. The highest BCUT2D eigenvalue weighted by Gasteiger charge is 2.11. The average Bonchev–Trinajstić information content (AvgIpc) is 2.14. The molecule has 0 amide bonds. The van der Waals surface area contributed by atoms with Crippen LogP contribution in [0.1, 0.15) is 36.8 Å². The molecule has 0 aliphatic heterocycles. The number of benzene rings is 1. The largest absolute Gasteiger partial charge is 0.508 e. The Hall–Kier alpha value is -1.51. The molecule has 0 aliphatic rings. The first-order valence-corrected chi connectivity index (χ1v) is 5.02. The smallest absolute Gasteiger partial charge is 0.303 e. The molecule has 0 fully saturated rings. The first-order valence-electron chi connectivity index (χ1n) is 5.02. The second-order valence-electron chi connectivity index (χ2n) is 3.90. The van der Waals surface area contributed by atoms with E-state index in [1.54, 1.807) is 6.07 Å². The van der Waals surface area contributed by atoms with Crippen LogP contribution in [0.2, 0.25) is 0 Å². The van der Waals surface area contributed by atoms with Gasteiger partial charge in [-0.1, -0.05) is 19.1 Å². The quantitative estimate of drug-likeness (QED) is 0.799. The molecule has 3 nitrogen and oxygen atoms in total. The highest BCUT2D eigenvalue weighted by molar-refractivity contribution is 5.66. The molecule has 0 saturated heterocycles. The minimum Gasteiger partial charge on any atom is -0.508 e. The highest BCUT2D eigenvalue weighted by Crippen LogP contribution is 2.29. The predicted molar refractivity (Wildman–Crippen MR) is 58.1 cm³/mol. The van der Waals surface area contributed by atoms with Gasteiger partial charge in [0.15, 0.2) is 0 Å². The summed E-state index contributed by atoms with van der Waals surface area (Å²) in [5, 5.41) is 18.2. The Labute approximate surface area is 89.4 Å². The lowest BCUT2D eigenvalue weighted by Gasteiger charge is -2.12. The molecule has 0 bridgehead atoms. The number of aliphatic carboxylic acids is 1. The summed E-state index contributed by atoms with van der Waals surface area (Å²) in [5.41, 5.74) is 1.82. The van der Waals surface area contributed by atoms with E-state index in [0.717, 1.165) is 11.1 Å². The van der Waals surface area contributed by atoms with E-state index >= 15 is 0 Å². The summed E-state index contributed by atoms with van der Waals surface area (Å²) in [5.74, 6) is -0.469. The number of carboxylic acids is 1. The summed E-state index contributed by atoms with van der Waals surface area (Å²) in [6, 6.07) is 5.48. The van der Waals surface area contributed by atoms with Gasteiger partial charge in [-0.05, 0) is 36.5 Å². The molecule has 0 saturated carbocycles. The van der Waals surface area contributed by atoms with Gasteiger partial charge in [0.25, 0.3) is 0 Å². The van der Waals surface area contributed by atoms with Gasteiger partial charge in [-0.25, -0.2) is 0 Å². The Morgan fingerprint density at radius 3 is 2.67 bits per heavy atom. The molecule has 1 rings (SSSR count). The first kappa shape index (κ1) is 11.6. The maximum absolute atomic E-state index is 10.4. The van der Waals surface area contributed by atoms with Crippen LogP contribution in [0.15, 0.2) is 18.2 Å². The molecule has 3 heteroatoms. The Kier molecular flexibility index (Phi) is 3.72. The van der Waals surface area contributed by atoms with Gasteiger partial charge in [-0.3, -0.25) is 4.79 Å². The summed E-state index contributed by atoms with van der Waals surface area (Å²) in [6.07, 6.45) is 0.681. The van der Waals surface area contributed by atoms with Gasteiger partial charge in [0.1, 0.15) is 5.75 Å². The molecule has 2 N–H and O–H groups in total. The van der Waals surface area contributed by atoms with Crippen molar-refractivity contribution in [1.29, 1.82) is 0 Å². The van der Waals surface area contributed by atoms with Gasteiger partial charge in [0.2, 0.25) is 0 Å². The second kappa shape index (κ2) is 4.82. The summed E-state index contributed by atoms with van der Waals surface area (Å²) in [6.45, 7) is 3.83. The molecular weight excluding hydrogens is 192 g/mol. The maximum Gasteiger partial charge on any atom is 0.303 e. The number of phenolic OH excluding ortho intramolecular Hbond substituents is 1. The Bertz CT molecular complexity index is 358. The van der Waals surface area contributed by atoms with E-state index in [1.807, 2.05) is 26.0 Å². The number of hydrogen-bond donors (Lipinski definition) is 2. The molecule has 15 heavy (non-hydrogen) atoms. The lowest BCUT2D eigenvalue weighted by atomic mass is 9.94. The lowest BCUT2D eigenvalue weighted by Crippen LogP contribution is -2.00. The summed E-state index contributed by atoms with van der Waals surface area (Å²) >= 11 is 0. The van der Waals surface area contributed by atoms with Crippen LogP contribution in [0.25, 0.3) is 0 Å². The van der Waals surface area contributed by atoms with E-state index in [0.29, 0.717) is 6.42 Å². The molecule has 0 aliphatic carbocycles. The minimum absolute atomic E-state index is 0.0710. The molecule has 1 unspecified atom stereocenters. The Balaban J connectivity index is 2.73. The van der Waals surface area contributed by atoms with Crippen LogP contribution in [0.3, 0.4) is 0 Å². The monoisotopic (exact) mass is 208 g/mol. The minimum atomic E-state index is -0.798. The van der Waals surface area contributed by atoms with E-state index in [1.165, 1.54) is 0 Å². The zero-order chi connectivity index (χ0) is 11.4. The lowest BCUT2D eigenvalue weighted by molar-refractivity contribution is -0.137. The number of rotatable bonds is 4. The fourth-order valence-corrected chi connectivity index (χ4v) is 1.57.